The summed E-state index contributed by atoms with van der Waals surface area (Å²) in [6.45, 7) is 7.13. The van der Waals surface area contributed by atoms with Gasteiger partial charge in [-0.25, -0.2) is 0 Å². The maximum absolute atomic E-state index is 6.35. The SMILES string of the molecule is CC1(C)CCCCCCC(C)(N)CCCCC1. The van der Waals surface area contributed by atoms with Crippen molar-refractivity contribution in [3.8, 4) is 0 Å². The highest BCUT2D eigenvalue weighted by Gasteiger charge is 2.20. The lowest BCUT2D eigenvalue weighted by atomic mass is 9.82. The van der Waals surface area contributed by atoms with Crippen molar-refractivity contribution in [1.82, 2.24) is 0 Å². The van der Waals surface area contributed by atoms with Crippen molar-refractivity contribution in [3.05, 3.63) is 0 Å². The summed E-state index contributed by atoms with van der Waals surface area (Å²) in [6, 6.07) is 0. The molecule has 0 spiro atoms. The summed E-state index contributed by atoms with van der Waals surface area (Å²) in [7, 11) is 0. The van der Waals surface area contributed by atoms with E-state index in [2.05, 4.69) is 20.8 Å². The Bertz CT molecular complexity index is 184. The van der Waals surface area contributed by atoms with Gasteiger partial charge < -0.3 is 5.73 Å². The normalized spacial score (nSPS) is 33.2. The molecule has 1 nitrogen and oxygen atoms in total. The van der Waals surface area contributed by atoms with Gasteiger partial charge in [-0.05, 0) is 38.0 Å². The fourth-order valence-corrected chi connectivity index (χ4v) is 3.05. The first-order valence-corrected chi connectivity index (χ1v) is 7.70. The van der Waals surface area contributed by atoms with Gasteiger partial charge in [-0.3, -0.25) is 0 Å². The minimum absolute atomic E-state index is 0.101. The van der Waals surface area contributed by atoms with Crippen LogP contribution in [-0.4, -0.2) is 5.54 Å². The Kier molecular flexibility index (Phi) is 5.99. The molecular weight excluding hydrogens is 206 g/mol. The van der Waals surface area contributed by atoms with E-state index in [1.165, 1.54) is 70.6 Å². The summed E-state index contributed by atoms with van der Waals surface area (Å²) < 4.78 is 0. The molecular formula is C16H33N. The van der Waals surface area contributed by atoms with E-state index in [1.54, 1.807) is 0 Å². The Morgan fingerprint density at radius 2 is 0.941 bits per heavy atom. The molecule has 0 heterocycles. The van der Waals surface area contributed by atoms with Gasteiger partial charge in [0.15, 0.2) is 0 Å². The van der Waals surface area contributed by atoms with Gasteiger partial charge in [-0.2, -0.15) is 0 Å². The molecule has 0 bridgehead atoms. The van der Waals surface area contributed by atoms with E-state index in [1.807, 2.05) is 0 Å². The summed E-state index contributed by atoms with van der Waals surface area (Å²) in [5, 5.41) is 0. The topological polar surface area (TPSA) is 26.0 Å². The molecule has 0 radical (unpaired) electrons. The fourth-order valence-electron chi connectivity index (χ4n) is 3.05. The van der Waals surface area contributed by atoms with Crippen LogP contribution in [-0.2, 0) is 0 Å². The highest BCUT2D eigenvalue weighted by atomic mass is 14.7. The molecule has 1 fully saturated rings. The number of rotatable bonds is 0. The molecule has 1 aliphatic carbocycles. The van der Waals surface area contributed by atoms with E-state index >= 15 is 0 Å². The van der Waals surface area contributed by atoms with Gasteiger partial charge in [-0.15, -0.1) is 0 Å². The van der Waals surface area contributed by atoms with Crippen LogP contribution in [0.25, 0.3) is 0 Å². The minimum Gasteiger partial charge on any atom is -0.325 e. The van der Waals surface area contributed by atoms with Crippen LogP contribution in [0, 0.1) is 5.41 Å². The van der Waals surface area contributed by atoms with Gasteiger partial charge in [0.25, 0.3) is 0 Å². The van der Waals surface area contributed by atoms with E-state index in [9.17, 15) is 0 Å². The van der Waals surface area contributed by atoms with Crippen molar-refractivity contribution in [2.24, 2.45) is 11.1 Å². The zero-order chi connectivity index (χ0) is 12.8. The van der Waals surface area contributed by atoms with Crippen molar-refractivity contribution in [2.75, 3.05) is 0 Å². The molecule has 102 valence electrons. The lowest BCUT2D eigenvalue weighted by Gasteiger charge is -2.25. The average molecular weight is 239 g/mol. The summed E-state index contributed by atoms with van der Waals surface area (Å²) in [6.07, 6.45) is 14.8. The predicted octanol–water partition coefficient (Wildman–Crippen LogP) is 5.03. The van der Waals surface area contributed by atoms with Gasteiger partial charge in [0.2, 0.25) is 0 Å². The molecule has 1 rings (SSSR count). The van der Waals surface area contributed by atoms with Gasteiger partial charge in [0.05, 0.1) is 0 Å². The molecule has 2 N–H and O–H groups in total. The van der Waals surface area contributed by atoms with Crippen molar-refractivity contribution < 1.29 is 0 Å². The van der Waals surface area contributed by atoms with Gasteiger partial charge in [0.1, 0.15) is 0 Å². The third kappa shape index (κ3) is 7.08. The molecule has 1 aliphatic rings. The number of hydrogen-bond donors (Lipinski definition) is 1. The van der Waals surface area contributed by atoms with Crippen LogP contribution in [0.5, 0.6) is 0 Å². The minimum atomic E-state index is 0.101. The molecule has 0 aromatic carbocycles. The first-order valence-electron chi connectivity index (χ1n) is 7.70. The quantitative estimate of drug-likeness (QED) is 0.630. The monoisotopic (exact) mass is 239 g/mol. The van der Waals surface area contributed by atoms with E-state index in [0.717, 1.165) is 0 Å². The number of nitrogens with two attached hydrogens (primary N) is 1. The standard InChI is InChI=1S/C16H33N/c1-15(2)11-7-4-5-9-13-16(3,17)14-10-6-8-12-15/h4-14,17H2,1-3H3. The average Bonchev–Trinajstić information content (AvgIpc) is 2.22. The Labute approximate surface area is 109 Å². The van der Waals surface area contributed by atoms with Crippen LogP contribution in [0.4, 0.5) is 0 Å². The summed E-state index contributed by atoms with van der Waals surface area (Å²) in [5.74, 6) is 0. The second-order valence-corrected chi connectivity index (χ2v) is 7.29. The third-order valence-corrected chi connectivity index (χ3v) is 4.45. The molecule has 0 saturated heterocycles. The fraction of sp³-hybridized carbons (Fsp3) is 1.00. The van der Waals surface area contributed by atoms with E-state index in [4.69, 9.17) is 5.73 Å². The van der Waals surface area contributed by atoms with Crippen LogP contribution in [0.1, 0.15) is 91.4 Å². The zero-order valence-electron chi connectivity index (χ0n) is 12.4. The second kappa shape index (κ2) is 6.78. The van der Waals surface area contributed by atoms with Crippen molar-refractivity contribution in [1.29, 1.82) is 0 Å². The Morgan fingerprint density at radius 1 is 0.588 bits per heavy atom. The summed E-state index contributed by atoms with van der Waals surface area (Å²) in [4.78, 5) is 0. The second-order valence-electron chi connectivity index (χ2n) is 7.29. The van der Waals surface area contributed by atoms with E-state index < -0.39 is 0 Å². The third-order valence-electron chi connectivity index (χ3n) is 4.45. The van der Waals surface area contributed by atoms with Crippen LogP contribution < -0.4 is 5.73 Å². The lowest BCUT2D eigenvalue weighted by Crippen LogP contribution is -2.35. The smallest absolute Gasteiger partial charge is 0.0125 e. The molecule has 17 heavy (non-hydrogen) atoms. The molecule has 0 amide bonds. The van der Waals surface area contributed by atoms with Crippen LogP contribution in [0.15, 0.2) is 0 Å². The van der Waals surface area contributed by atoms with Crippen LogP contribution >= 0.6 is 0 Å². The molecule has 1 atom stereocenters. The Balaban J connectivity index is 2.40. The molecule has 0 aromatic rings. The van der Waals surface area contributed by atoms with Crippen LogP contribution in [0.3, 0.4) is 0 Å². The molecule has 0 aromatic heterocycles. The maximum atomic E-state index is 6.35. The van der Waals surface area contributed by atoms with Crippen molar-refractivity contribution >= 4 is 0 Å². The predicted molar refractivity (Wildman–Crippen MR) is 77.2 cm³/mol. The molecule has 1 saturated carbocycles. The van der Waals surface area contributed by atoms with E-state index in [0.29, 0.717) is 5.41 Å². The largest absolute Gasteiger partial charge is 0.325 e. The molecule has 1 heteroatoms. The highest BCUT2D eigenvalue weighted by Crippen LogP contribution is 2.31. The van der Waals surface area contributed by atoms with E-state index in [-0.39, 0.29) is 5.54 Å². The van der Waals surface area contributed by atoms with Crippen LogP contribution in [0.2, 0.25) is 0 Å². The molecule has 1 unspecified atom stereocenters. The Morgan fingerprint density at radius 3 is 1.41 bits per heavy atom. The van der Waals surface area contributed by atoms with Crippen molar-refractivity contribution in [3.63, 3.8) is 0 Å². The number of hydrogen-bond acceptors (Lipinski definition) is 1. The zero-order valence-corrected chi connectivity index (χ0v) is 12.4. The maximum Gasteiger partial charge on any atom is 0.0125 e. The summed E-state index contributed by atoms with van der Waals surface area (Å²) >= 11 is 0. The highest BCUT2D eigenvalue weighted by molar-refractivity contribution is 4.79. The molecule has 0 aliphatic heterocycles. The van der Waals surface area contributed by atoms with Gasteiger partial charge in [0, 0.05) is 5.54 Å². The summed E-state index contributed by atoms with van der Waals surface area (Å²) in [5.41, 5.74) is 7.02. The lowest BCUT2D eigenvalue weighted by molar-refractivity contribution is 0.283. The first kappa shape index (κ1) is 15.0. The van der Waals surface area contributed by atoms with Gasteiger partial charge in [-0.1, -0.05) is 58.8 Å². The van der Waals surface area contributed by atoms with Crippen molar-refractivity contribution in [2.45, 2.75) is 96.9 Å². The van der Waals surface area contributed by atoms with Gasteiger partial charge >= 0.3 is 0 Å². The first-order chi connectivity index (χ1) is 7.91. The Hall–Kier alpha value is -0.0400.